The molecule has 4 nitrogen and oxygen atoms in total. The fourth-order valence-corrected chi connectivity index (χ4v) is 1.63. The van der Waals surface area contributed by atoms with Crippen molar-refractivity contribution in [2.24, 2.45) is 4.99 Å². The lowest BCUT2D eigenvalue weighted by molar-refractivity contribution is 0.242. The van der Waals surface area contributed by atoms with E-state index in [1.54, 1.807) is 0 Å². The predicted molar refractivity (Wildman–Crippen MR) is 96.1 cm³/mol. The first-order valence-corrected chi connectivity index (χ1v) is 6.93. The van der Waals surface area contributed by atoms with Crippen LogP contribution in [0.25, 0.3) is 0 Å². The SMILES string of the molecule is CCNC(=NCc1ccc(OC(C)C)cc1)NCC.I. The van der Waals surface area contributed by atoms with Crippen LogP contribution in [-0.4, -0.2) is 25.2 Å². The van der Waals surface area contributed by atoms with Crippen molar-refractivity contribution in [3.8, 4) is 5.75 Å². The third kappa shape index (κ3) is 7.57. The zero-order chi connectivity index (χ0) is 14.1. The molecule has 0 saturated heterocycles. The van der Waals surface area contributed by atoms with Crippen LogP contribution < -0.4 is 15.4 Å². The van der Waals surface area contributed by atoms with E-state index >= 15 is 0 Å². The summed E-state index contributed by atoms with van der Waals surface area (Å²) in [7, 11) is 0. The van der Waals surface area contributed by atoms with E-state index in [-0.39, 0.29) is 30.1 Å². The molecule has 1 aromatic rings. The molecule has 0 bridgehead atoms. The lowest BCUT2D eigenvalue weighted by Gasteiger charge is -2.10. The van der Waals surface area contributed by atoms with Gasteiger partial charge in [-0.05, 0) is 45.4 Å². The predicted octanol–water partition coefficient (Wildman–Crippen LogP) is 3.17. The Morgan fingerprint density at radius 2 is 1.65 bits per heavy atom. The summed E-state index contributed by atoms with van der Waals surface area (Å²) in [6.07, 6.45) is 0.206. The molecule has 0 radical (unpaired) electrons. The lowest BCUT2D eigenvalue weighted by Crippen LogP contribution is -2.36. The third-order valence-corrected chi connectivity index (χ3v) is 2.40. The van der Waals surface area contributed by atoms with Gasteiger partial charge >= 0.3 is 0 Å². The molecule has 0 amide bonds. The highest BCUT2D eigenvalue weighted by Crippen LogP contribution is 2.14. The van der Waals surface area contributed by atoms with E-state index in [2.05, 4.69) is 41.6 Å². The van der Waals surface area contributed by atoms with Crippen molar-refractivity contribution >= 4 is 29.9 Å². The van der Waals surface area contributed by atoms with E-state index in [4.69, 9.17) is 4.74 Å². The molecule has 20 heavy (non-hydrogen) atoms. The Labute approximate surface area is 139 Å². The summed E-state index contributed by atoms with van der Waals surface area (Å²) in [5.74, 6) is 1.76. The Morgan fingerprint density at radius 1 is 1.10 bits per heavy atom. The molecule has 1 rings (SSSR count). The molecule has 0 atom stereocenters. The second kappa shape index (κ2) is 10.8. The molecule has 2 N–H and O–H groups in total. The Balaban J connectivity index is 0.00000361. The first-order chi connectivity index (χ1) is 9.15. The lowest BCUT2D eigenvalue weighted by atomic mass is 10.2. The molecule has 0 unspecified atom stereocenters. The zero-order valence-electron chi connectivity index (χ0n) is 12.8. The second-order valence-electron chi connectivity index (χ2n) is 4.54. The molecule has 0 fully saturated rings. The van der Waals surface area contributed by atoms with Gasteiger partial charge in [-0.2, -0.15) is 0 Å². The van der Waals surface area contributed by atoms with Crippen LogP contribution in [0.1, 0.15) is 33.3 Å². The van der Waals surface area contributed by atoms with E-state index in [1.807, 2.05) is 26.0 Å². The Hall–Kier alpha value is -0.980. The molecule has 0 spiro atoms. The van der Waals surface area contributed by atoms with Gasteiger partial charge in [-0.25, -0.2) is 4.99 Å². The molecule has 0 aromatic heterocycles. The summed E-state index contributed by atoms with van der Waals surface area (Å²) in [4.78, 5) is 4.52. The summed E-state index contributed by atoms with van der Waals surface area (Å²) >= 11 is 0. The number of nitrogens with one attached hydrogen (secondary N) is 2. The topological polar surface area (TPSA) is 45.7 Å². The largest absolute Gasteiger partial charge is 0.491 e. The standard InChI is InChI=1S/C15H25N3O.HI/c1-5-16-15(17-6-2)18-11-13-7-9-14(10-8-13)19-12(3)4;/h7-10,12H,5-6,11H2,1-4H3,(H2,16,17,18);1H. The third-order valence-electron chi connectivity index (χ3n) is 2.40. The minimum atomic E-state index is 0. The average molecular weight is 391 g/mol. The quantitative estimate of drug-likeness (QED) is 0.445. The average Bonchev–Trinajstić information content (AvgIpc) is 2.37. The summed E-state index contributed by atoms with van der Waals surface area (Å²) in [6, 6.07) is 8.09. The van der Waals surface area contributed by atoms with E-state index in [1.165, 1.54) is 5.56 Å². The van der Waals surface area contributed by atoms with Crippen LogP contribution in [0.15, 0.2) is 29.3 Å². The van der Waals surface area contributed by atoms with Crippen molar-refractivity contribution in [2.75, 3.05) is 13.1 Å². The van der Waals surface area contributed by atoms with Gasteiger partial charge in [0.1, 0.15) is 5.75 Å². The second-order valence-corrected chi connectivity index (χ2v) is 4.54. The minimum Gasteiger partial charge on any atom is -0.491 e. The highest BCUT2D eigenvalue weighted by atomic mass is 127. The van der Waals surface area contributed by atoms with Crippen LogP contribution in [-0.2, 0) is 6.54 Å². The first-order valence-electron chi connectivity index (χ1n) is 6.93. The number of benzene rings is 1. The number of aliphatic imine (C=N–C) groups is 1. The van der Waals surface area contributed by atoms with Gasteiger partial charge in [-0.15, -0.1) is 24.0 Å². The van der Waals surface area contributed by atoms with Crippen LogP contribution >= 0.6 is 24.0 Å². The van der Waals surface area contributed by atoms with Crippen LogP contribution in [0.3, 0.4) is 0 Å². The van der Waals surface area contributed by atoms with Gasteiger partial charge in [0.2, 0.25) is 0 Å². The maximum Gasteiger partial charge on any atom is 0.191 e. The van der Waals surface area contributed by atoms with Gasteiger partial charge in [-0.1, -0.05) is 12.1 Å². The highest BCUT2D eigenvalue weighted by Gasteiger charge is 1.99. The maximum atomic E-state index is 5.61. The van der Waals surface area contributed by atoms with Crippen LogP contribution in [0.4, 0.5) is 0 Å². The van der Waals surface area contributed by atoms with Crippen molar-refractivity contribution in [2.45, 2.75) is 40.3 Å². The number of hydrogen-bond donors (Lipinski definition) is 2. The smallest absolute Gasteiger partial charge is 0.191 e. The first kappa shape index (κ1) is 19.0. The van der Waals surface area contributed by atoms with Crippen molar-refractivity contribution in [1.29, 1.82) is 0 Å². The van der Waals surface area contributed by atoms with Crippen LogP contribution in [0.2, 0.25) is 0 Å². The number of ether oxygens (including phenoxy) is 1. The summed E-state index contributed by atoms with van der Waals surface area (Å²) in [5, 5.41) is 6.41. The molecule has 1 aromatic carbocycles. The number of halogens is 1. The van der Waals surface area contributed by atoms with Gasteiger partial charge in [0.25, 0.3) is 0 Å². The number of guanidine groups is 1. The van der Waals surface area contributed by atoms with Crippen molar-refractivity contribution in [3.05, 3.63) is 29.8 Å². The molecule has 0 aliphatic heterocycles. The normalized spacial score (nSPS) is 9.65. The van der Waals surface area contributed by atoms with Crippen molar-refractivity contribution in [1.82, 2.24) is 10.6 Å². The fourth-order valence-electron chi connectivity index (χ4n) is 1.63. The Morgan fingerprint density at radius 3 is 2.10 bits per heavy atom. The van der Waals surface area contributed by atoms with Gasteiger partial charge < -0.3 is 15.4 Å². The maximum absolute atomic E-state index is 5.61. The summed E-state index contributed by atoms with van der Waals surface area (Å²) in [5.41, 5.74) is 1.17. The van der Waals surface area contributed by atoms with Gasteiger partial charge in [0.15, 0.2) is 5.96 Å². The molecule has 0 heterocycles. The summed E-state index contributed by atoms with van der Waals surface area (Å²) < 4.78 is 5.61. The Bertz CT molecular complexity index is 383. The van der Waals surface area contributed by atoms with Gasteiger partial charge in [-0.3, -0.25) is 0 Å². The van der Waals surface area contributed by atoms with Crippen molar-refractivity contribution < 1.29 is 4.74 Å². The van der Waals surface area contributed by atoms with E-state index < -0.39 is 0 Å². The molecule has 0 saturated carbocycles. The highest BCUT2D eigenvalue weighted by molar-refractivity contribution is 14.0. The molecular formula is C15H26IN3O. The minimum absolute atomic E-state index is 0. The van der Waals surface area contributed by atoms with E-state index in [0.717, 1.165) is 24.8 Å². The van der Waals surface area contributed by atoms with Crippen LogP contribution in [0, 0.1) is 0 Å². The van der Waals surface area contributed by atoms with E-state index in [0.29, 0.717) is 6.54 Å². The molecule has 114 valence electrons. The number of nitrogens with zero attached hydrogens (tertiary/aromatic N) is 1. The fraction of sp³-hybridized carbons (Fsp3) is 0.533. The van der Waals surface area contributed by atoms with E-state index in [9.17, 15) is 0 Å². The molecule has 5 heteroatoms. The molecular weight excluding hydrogens is 365 g/mol. The number of hydrogen-bond acceptors (Lipinski definition) is 2. The van der Waals surface area contributed by atoms with Gasteiger partial charge in [0, 0.05) is 13.1 Å². The van der Waals surface area contributed by atoms with Gasteiger partial charge in [0.05, 0.1) is 12.6 Å². The molecule has 0 aliphatic rings. The Kier molecular flexibility index (Phi) is 10.2. The summed E-state index contributed by atoms with van der Waals surface area (Å²) in [6.45, 7) is 10.6. The van der Waals surface area contributed by atoms with Crippen LogP contribution in [0.5, 0.6) is 5.75 Å². The monoisotopic (exact) mass is 391 g/mol. The molecule has 0 aliphatic carbocycles. The number of rotatable bonds is 6. The zero-order valence-corrected chi connectivity index (χ0v) is 15.1. The van der Waals surface area contributed by atoms with Crippen molar-refractivity contribution in [3.63, 3.8) is 0 Å².